The summed E-state index contributed by atoms with van der Waals surface area (Å²) >= 11 is 3.14. The number of thiophene rings is 1. The highest BCUT2D eigenvalue weighted by molar-refractivity contribution is 7.14. The summed E-state index contributed by atoms with van der Waals surface area (Å²) in [6.45, 7) is 2.86. The third kappa shape index (κ3) is 2.05. The number of aromatic nitrogens is 1. The zero-order valence-electron chi connectivity index (χ0n) is 7.65. The van der Waals surface area contributed by atoms with E-state index >= 15 is 0 Å². The van der Waals surface area contributed by atoms with Crippen LogP contribution in [0.1, 0.15) is 10.4 Å². The molecule has 14 heavy (non-hydrogen) atoms. The molecule has 2 aromatic rings. The summed E-state index contributed by atoms with van der Waals surface area (Å²) in [5, 5.41) is 16.6. The summed E-state index contributed by atoms with van der Waals surface area (Å²) in [4.78, 5) is 5.21. The van der Waals surface area contributed by atoms with Crippen LogP contribution in [0, 0.1) is 6.92 Å². The first-order valence-corrected chi connectivity index (χ1v) is 5.93. The van der Waals surface area contributed by atoms with E-state index in [1.54, 1.807) is 16.7 Å². The molecule has 2 heterocycles. The molecule has 0 aliphatic rings. The van der Waals surface area contributed by atoms with E-state index in [-0.39, 0.29) is 5.88 Å². The number of aromatic hydroxyl groups is 1. The van der Waals surface area contributed by atoms with E-state index in [0.29, 0.717) is 0 Å². The van der Waals surface area contributed by atoms with Crippen molar-refractivity contribution in [2.45, 2.75) is 13.5 Å². The van der Waals surface area contributed by atoms with Gasteiger partial charge in [0.05, 0.1) is 11.9 Å². The maximum absolute atomic E-state index is 9.03. The highest BCUT2D eigenvalue weighted by atomic mass is 32.1. The maximum Gasteiger partial charge on any atom is 0.223 e. The number of thiazole rings is 1. The van der Waals surface area contributed by atoms with Gasteiger partial charge >= 0.3 is 0 Å². The Hall–Kier alpha value is -1.07. The molecule has 0 bridgehead atoms. The molecule has 0 spiro atoms. The van der Waals surface area contributed by atoms with Crippen LogP contribution in [0.3, 0.4) is 0 Å². The molecule has 74 valence electrons. The SMILES string of the molecule is Cc1ccsc1CNc1nc(O)cs1. The van der Waals surface area contributed by atoms with E-state index in [2.05, 4.69) is 28.7 Å². The zero-order chi connectivity index (χ0) is 9.97. The quantitative estimate of drug-likeness (QED) is 0.846. The number of hydrogen-bond donors (Lipinski definition) is 2. The van der Waals surface area contributed by atoms with E-state index in [1.807, 2.05) is 0 Å². The van der Waals surface area contributed by atoms with Crippen molar-refractivity contribution in [3.63, 3.8) is 0 Å². The monoisotopic (exact) mass is 226 g/mol. The van der Waals surface area contributed by atoms with Gasteiger partial charge in [-0.05, 0) is 23.9 Å². The third-order valence-electron chi connectivity index (χ3n) is 1.86. The van der Waals surface area contributed by atoms with Crippen molar-refractivity contribution in [2.24, 2.45) is 0 Å². The van der Waals surface area contributed by atoms with Gasteiger partial charge in [-0.15, -0.1) is 22.7 Å². The fraction of sp³-hybridized carbons (Fsp3) is 0.222. The normalized spacial score (nSPS) is 10.4. The van der Waals surface area contributed by atoms with E-state index in [9.17, 15) is 0 Å². The van der Waals surface area contributed by atoms with Crippen LogP contribution in [0.4, 0.5) is 5.13 Å². The van der Waals surface area contributed by atoms with Crippen LogP contribution < -0.4 is 5.32 Å². The van der Waals surface area contributed by atoms with Crippen molar-refractivity contribution in [3.05, 3.63) is 27.3 Å². The highest BCUT2D eigenvalue weighted by Gasteiger charge is 2.02. The lowest BCUT2D eigenvalue weighted by Crippen LogP contribution is -1.97. The summed E-state index contributed by atoms with van der Waals surface area (Å²) in [5.41, 5.74) is 1.29. The first-order chi connectivity index (χ1) is 6.75. The molecule has 0 saturated heterocycles. The minimum Gasteiger partial charge on any atom is -0.493 e. The molecule has 0 fully saturated rings. The number of hydrogen-bond acceptors (Lipinski definition) is 5. The molecular formula is C9H10N2OS2. The minimum atomic E-state index is 0.0837. The smallest absolute Gasteiger partial charge is 0.223 e. The second kappa shape index (κ2) is 3.98. The van der Waals surface area contributed by atoms with Crippen molar-refractivity contribution in [2.75, 3.05) is 5.32 Å². The average molecular weight is 226 g/mol. The zero-order valence-corrected chi connectivity index (χ0v) is 9.28. The van der Waals surface area contributed by atoms with Gasteiger partial charge in [0, 0.05) is 4.88 Å². The average Bonchev–Trinajstić information content (AvgIpc) is 2.72. The van der Waals surface area contributed by atoms with Gasteiger partial charge < -0.3 is 10.4 Å². The predicted molar refractivity (Wildman–Crippen MR) is 60.2 cm³/mol. The van der Waals surface area contributed by atoms with Crippen molar-refractivity contribution in [1.29, 1.82) is 0 Å². The van der Waals surface area contributed by atoms with Gasteiger partial charge in [0.25, 0.3) is 0 Å². The molecule has 2 N–H and O–H groups in total. The minimum absolute atomic E-state index is 0.0837. The second-order valence-corrected chi connectivity index (χ2v) is 4.75. The predicted octanol–water partition coefficient (Wildman–Crippen LogP) is 2.83. The Kier molecular flexibility index (Phi) is 2.69. The van der Waals surface area contributed by atoms with Gasteiger partial charge in [0.15, 0.2) is 5.13 Å². The Morgan fingerprint density at radius 3 is 2.93 bits per heavy atom. The van der Waals surface area contributed by atoms with Crippen LogP contribution in [0.25, 0.3) is 0 Å². The summed E-state index contributed by atoms with van der Waals surface area (Å²) in [5.74, 6) is 0.0837. The lowest BCUT2D eigenvalue weighted by atomic mass is 10.3. The van der Waals surface area contributed by atoms with Crippen LogP contribution >= 0.6 is 22.7 Å². The topological polar surface area (TPSA) is 45.2 Å². The van der Waals surface area contributed by atoms with Gasteiger partial charge in [-0.25, -0.2) is 0 Å². The number of nitrogens with one attached hydrogen (secondary N) is 1. The first-order valence-electron chi connectivity index (χ1n) is 4.17. The largest absolute Gasteiger partial charge is 0.493 e. The standard InChI is InChI=1S/C9H10N2OS2/c1-6-2-3-13-7(6)4-10-9-11-8(12)5-14-9/h2-3,5,12H,4H2,1H3,(H,10,11). The van der Waals surface area contributed by atoms with E-state index in [1.165, 1.54) is 21.8 Å². The number of rotatable bonds is 3. The Labute approximate surface area is 90.1 Å². The van der Waals surface area contributed by atoms with E-state index in [4.69, 9.17) is 5.11 Å². The molecule has 0 atom stereocenters. The summed E-state index contributed by atoms with van der Waals surface area (Å²) in [7, 11) is 0. The fourth-order valence-electron chi connectivity index (χ4n) is 1.09. The molecule has 2 rings (SSSR count). The van der Waals surface area contributed by atoms with E-state index in [0.717, 1.165) is 11.7 Å². The number of aryl methyl sites for hydroxylation is 1. The molecule has 3 nitrogen and oxygen atoms in total. The van der Waals surface area contributed by atoms with Crippen LogP contribution in [-0.2, 0) is 6.54 Å². The van der Waals surface area contributed by atoms with Gasteiger partial charge in [0.2, 0.25) is 5.88 Å². The van der Waals surface area contributed by atoms with Crippen LogP contribution in [0.2, 0.25) is 0 Å². The molecule has 5 heteroatoms. The van der Waals surface area contributed by atoms with E-state index < -0.39 is 0 Å². The molecule has 0 aliphatic heterocycles. The molecule has 0 unspecified atom stereocenters. The maximum atomic E-state index is 9.03. The summed E-state index contributed by atoms with van der Waals surface area (Å²) in [6.07, 6.45) is 0. The molecular weight excluding hydrogens is 216 g/mol. The molecule has 0 aromatic carbocycles. The van der Waals surface area contributed by atoms with Gasteiger partial charge in [0.1, 0.15) is 0 Å². The lowest BCUT2D eigenvalue weighted by Gasteiger charge is -2.00. The number of anilines is 1. The van der Waals surface area contributed by atoms with Crippen LogP contribution in [0.15, 0.2) is 16.8 Å². The van der Waals surface area contributed by atoms with Gasteiger partial charge in [-0.1, -0.05) is 0 Å². The van der Waals surface area contributed by atoms with Gasteiger partial charge in [-0.3, -0.25) is 0 Å². The molecule has 2 aromatic heterocycles. The van der Waals surface area contributed by atoms with Crippen molar-refractivity contribution < 1.29 is 5.11 Å². The van der Waals surface area contributed by atoms with Crippen molar-refractivity contribution in [1.82, 2.24) is 4.98 Å². The summed E-state index contributed by atoms with van der Waals surface area (Å²) < 4.78 is 0. The molecule has 0 amide bonds. The van der Waals surface area contributed by atoms with Crippen LogP contribution in [0.5, 0.6) is 5.88 Å². The van der Waals surface area contributed by atoms with Crippen molar-refractivity contribution >= 4 is 27.8 Å². The number of nitrogens with zero attached hydrogens (tertiary/aromatic N) is 1. The molecule has 0 aliphatic carbocycles. The van der Waals surface area contributed by atoms with Gasteiger partial charge in [-0.2, -0.15) is 4.98 Å². The Bertz CT molecular complexity index is 422. The molecule has 0 radical (unpaired) electrons. The Balaban J connectivity index is 1.98. The summed E-state index contributed by atoms with van der Waals surface area (Å²) in [6, 6.07) is 2.10. The lowest BCUT2D eigenvalue weighted by molar-refractivity contribution is 0.458. The second-order valence-electron chi connectivity index (χ2n) is 2.89. The first kappa shape index (κ1) is 9.48. The highest BCUT2D eigenvalue weighted by Crippen LogP contribution is 2.22. The van der Waals surface area contributed by atoms with Crippen LogP contribution in [-0.4, -0.2) is 10.1 Å². The van der Waals surface area contributed by atoms with Crippen molar-refractivity contribution in [3.8, 4) is 5.88 Å². The Morgan fingerprint density at radius 1 is 1.50 bits per heavy atom. The fourth-order valence-corrected chi connectivity index (χ4v) is 2.50. The Morgan fingerprint density at radius 2 is 2.36 bits per heavy atom. The third-order valence-corrected chi connectivity index (χ3v) is 3.67. The molecule has 0 saturated carbocycles.